The van der Waals surface area contributed by atoms with Crippen LogP contribution in [-0.2, 0) is 22.2 Å². The molecule has 0 radical (unpaired) electrons. The minimum absolute atomic E-state index is 0.0128. The number of carbonyl (C=O) groups is 2. The van der Waals surface area contributed by atoms with Gasteiger partial charge in [-0.05, 0) is 86.6 Å². The minimum Gasteiger partial charge on any atom is -0.453 e. The molecule has 1 fully saturated rings. The van der Waals surface area contributed by atoms with Crippen molar-refractivity contribution in [2.24, 2.45) is 5.92 Å². The Hall–Kier alpha value is -2.65. The van der Waals surface area contributed by atoms with Gasteiger partial charge in [-0.1, -0.05) is 36.0 Å². The topological polar surface area (TPSA) is 59.1 Å². The van der Waals surface area contributed by atoms with Crippen LogP contribution in [0.1, 0.15) is 68.7 Å². The first-order chi connectivity index (χ1) is 18.4. The fraction of sp³-hybridized carbons (Fsp3) is 0.500. The van der Waals surface area contributed by atoms with Crippen LogP contribution in [0.5, 0.6) is 0 Å². The highest BCUT2D eigenvalue weighted by molar-refractivity contribution is 6.34. The van der Waals surface area contributed by atoms with Gasteiger partial charge in [0.2, 0.25) is 0 Å². The molecule has 212 valence electrons. The summed E-state index contributed by atoms with van der Waals surface area (Å²) in [5.74, 6) is 0.0998. The van der Waals surface area contributed by atoms with Crippen LogP contribution in [0.3, 0.4) is 0 Å². The van der Waals surface area contributed by atoms with E-state index in [2.05, 4.69) is 0 Å². The van der Waals surface area contributed by atoms with Crippen molar-refractivity contribution in [2.45, 2.75) is 76.9 Å². The Morgan fingerprint density at radius 1 is 1.08 bits per heavy atom. The van der Waals surface area contributed by atoms with Crippen molar-refractivity contribution >= 4 is 41.1 Å². The number of hydrogen-bond donors (Lipinski definition) is 0. The van der Waals surface area contributed by atoms with E-state index in [1.165, 1.54) is 23.0 Å². The lowest BCUT2D eigenvalue weighted by atomic mass is 9.82. The zero-order chi connectivity index (χ0) is 28.5. The van der Waals surface area contributed by atoms with Crippen molar-refractivity contribution in [2.75, 3.05) is 12.0 Å². The fourth-order valence-corrected chi connectivity index (χ4v) is 6.28. The summed E-state index contributed by atoms with van der Waals surface area (Å²) in [4.78, 5) is 29.5. The first-order valence-corrected chi connectivity index (χ1v) is 13.6. The first kappa shape index (κ1) is 29.3. The third-order valence-electron chi connectivity index (χ3n) is 7.31. The summed E-state index contributed by atoms with van der Waals surface area (Å²) in [7, 11) is 1.22. The lowest BCUT2D eigenvalue weighted by Gasteiger charge is -2.46. The van der Waals surface area contributed by atoms with Gasteiger partial charge < -0.3 is 9.47 Å². The van der Waals surface area contributed by atoms with E-state index in [1.807, 2.05) is 0 Å². The van der Waals surface area contributed by atoms with Crippen LogP contribution < -0.4 is 4.90 Å². The number of amides is 2. The number of ether oxygens (including phenoxy) is 2. The van der Waals surface area contributed by atoms with Crippen molar-refractivity contribution in [3.8, 4) is 0 Å². The van der Waals surface area contributed by atoms with Crippen molar-refractivity contribution in [1.29, 1.82) is 0 Å². The summed E-state index contributed by atoms with van der Waals surface area (Å²) in [6.45, 7) is 3.43. The maximum Gasteiger partial charge on any atom is 0.416 e. The van der Waals surface area contributed by atoms with Crippen molar-refractivity contribution < 1.29 is 32.2 Å². The maximum absolute atomic E-state index is 13.9. The van der Waals surface area contributed by atoms with Gasteiger partial charge in [-0.25, -0.2) is 9.59 Å². The van der Waals surface area contributed by atoms with Gasteiger partial charge in [0.1, 0.15) is 0 Å². The van der Waals surface area contributed by atoms with Crippen LogP contribution in [0.4, 0.5) is 28.4 Å². The lowest BCUT2D eigenvalue weighted by Crippen LogP contribution is -2.51. The summed E-state index contributed by atoms with van der Waals surface area (Å²) in [5, 5.41) is 0.717. The minimum atomic E-state index is -4.62. The molecule has 2 unspecified atom stereocenters. The molecule has 0 saturated heterocycles. The highest BCUT2D eigenvalue weighted by Gasteiger charge is 2.45. The number of rotatable bonds is 5. The molecule has 2 aromatic rings. The molecule has 2 atom stereocenters. The predicted octanol–water partition coefficient (Wildman–Crippen LogP) is 8.64. The number of hydrogen-bond acceptors (Lipinski definition) is 4. The lowest BCUT2D eigenvalue weighted by molar-refractivity contribution is -0.137. The second kappa shape index (κ2) is 11.8. The van der Waals surface area contributed by atoms with Gasteiger partial charge in [-0.3, -0.25) is 9.80 Å². The quantitative estimate of drug-likeness (QED) is 0.352. The molecular formula is C28H31Cl2F3N2O4. The van der Waals surface area contributed by atoms with Crippen molar-refractivity contribution in [1.82, 2.24) is 4.90 Å². The van der Waals surface area contributed by atoms with Crippen molar-refractivity contribution in [3.63, 3.8) is 0 Å². The van der Waals surface area contributed by atoms with E-state index in [0.29, 0.717) is 21.3 Å². The predicted molar refractivity (Wildman–Crippen MR) is 143 cm³/mol. The third-order valence-corrected chi connectivity index (χ3v) is 7.74. The van der Waals surface area contributed by atoms with Gasteiger partial charge in [-0.2, -0.15) is 13.2 Å². The maximum atomic E-state index is 13.9. The molecule has 1 aliphatic heterocycles. The number of benzene rings is 2. The third kappa shape index (κ3) is 6.57. The average Bonchev–Trinajstić information content (AvgIpc) is 3.39. The summed E-state index contributed by atoms with van der Waals surface area (Å²) in [6, 6.07) is 6.90. The van der Waals surface area contributed by atoms with E-state index < -0.39 is 36.1 Å². The molecule has 0 spiro atoms. The summed E-state index contributed by atoms with van der Waals surface area (Å²) in [5.41, 5.74) is 0.196. The van der Waals surface area contributed by atoms with Gasteiger partial charge in [0.05, 0.1) is 30.5 Å². The Kier molecular flexibility index (Phi) is 8.91. The highest BCUT2D eigenvalue weighted by Crippen LogP contribution is 2.48. The number of alkyl halides is 3. The van der Waals surface area contributed by atoms with E-state index >= 15 is 0 Å². The zero-order valence-corrected chi connectivity index (χ0v) is 23.4. The van der Waals surface area contributed by atoms with E-state index in [4.69, 9.17) is 32.7 Å². The van der Waals surface area contributed by atoms with Crippen LogP contribution in [-0.4, -0.2) is 36.3 Å². The molecular weight excluding hydrogens is 556 g/mol. The standard InChI is InChI=1S/C28H31Cl2F3N2O4/c1-16(2)39-27(37)35-23-9-8-19(28(31,32)33)12-22(23)25(14-24(35)18-6-4-5-7-18)34(26(36)38-3)15-17-10-20(29)13-21(30)11-17/h8-13,16,18,24-25H,4-7,14-15H2,1-3H3. The van der Waals surface area contributed by atoms with Gasteiger partial charge >= 0.3 is 18.4 Å². The van der Waals surface area contributed by atoms with Gasteiger partial charge in [0.15, 0.2) is 0 Å². The Balaban J connectivity index is 1.88. The molecule has 0 aromatic heterocycles. The molecule has 0 bridgehead atoms. The SMILES string of the molecule is COC(=O)N(Cc1cc(Cl)cc(Cl)c1)C1CC(C2CCCC2)N(C(=O)OC(C)C)c2ccc(C(F)(F)F)cc21. The number of fused-ring (bicyclic) bond motifs is 1. The fourth-order valence-electron chi connectivity index (χ4n) is 5.71. The summed E-state index contributed by atoms with van der Waals surface area (Å²) < 4.78 is 52.2. The number of carbonyl (C=O) groups excluding carboxylic acids is 2. The van der Waals surface area contributed by atoms with Gasteiger partial charge in [0, 0.05) is 22.6 Å². The number of nitrogens with zero attached hydrogens (tertiary/aromatic N) is 2. The molecule has 0 N–H and O–H groups in total. The van der Waals surface area contributed by atoms with Gasteiger partial charge in [0.25, 0.3) is 0 Å². The molecule has 2 aromatic carbocycles. The second-order valence-electron chi connectivity index (χ2n) is 10.3. The Morgan fingerprint density at radius 3 is 2.28 bits per heavy atom. The molecule has 39 heavy (non-hydrogen) atoms. The molecule has 2 aliphatic rings. The smallest absolute Gasteiger partial charge is 0.416 e. The number of anilines is 1. The van der Waals surface area contributed by atoms with E-state index in [1.54, 1.807) is 32.0 Å². The van der Waals surface area contributed by atoms with E-state index in [0.717, 1.165) is 37.8 Å². The second-order valence-corrected chi connectivity index (χ2v) is 11.2. The van der Waals surface area contributed by atoms with Crippen LogP contribution in [0.2, 0.25) is 10.0 Å². The molecule has 6 nitrogen and oxygen atoms in total. The largest absolute Gasteiger partial charge is 0.453 e. The van der Waals surface area contributed by atoms with Crippen LogP contribution in [0.15, 0.2) is 36.4 Å². The van der Waals surface area contributed by atoms with Crippen molar-refractivity contribution in [3.05, 3.63) is 63.1 Å². The summed E-state index contributed by atoms with van der Waals surface area (Å²) >= 11 is 12.4. The molecule has 11 heteroatoms. The highest BCUT2D eigenvalue weighted by atomic mass is 35.5. The van der Waals surface area contributed by atoms with Gasteiger partial charge in [-0.15, -0.1) is 0 Å². The zero-order valence-electron chi connectivity index (χ0n) is 21.9. The van der Waals surface area contributed by atoms with E-state index in [-0.39, 0.29) is 30.5 Å². The molecule has 1 heterocycles. The average molecular weight is 587 g/mol. The van der Waals surface area contributed by atoms with Crippen LogP contribution >= 0.6 is 23.2 Å². The molecule has 4 rings (SSSR count). The Bertz CT molecular complexity index is 1200. The summed E-state index contributed by atoms with van der Waals surface area (Å²) in [6.07, 6.45) is -2.47. The van der Waals surface area contributed by atoms with Crippen LogP contribution in [0, 0.1) is 5.92 Å². The molecule has 2 amide bonds. The number of methoxy groups -OCH3 is 1. The van der Waals surface area contributed by atoms with E-state index in [9.17, 15) is 22.8 Å². The Morgan fingerprint density at radius 2 is 1.72 bits per heavy atom. The monoisotopic (exact) mass is 586 g/mol. The Labute approximate surface area is 235 Å². The molecule has 1 saturated carbocycles. The van der Waals surface area contributed by atoms with Crippen LogP contribution in [0.25, 0.3) is 0 Å². The molecule has 1 aliphatic carbocycles. The number of halogens is 5. The first-order valence-electron chi connectivity index (χ1n) is 12.9. The normalized spacial score (nSPS) is 19.7.